The average molecular weight is 505 g/mol. The van der Waals surface area contributed by atoms with Crippen LogP contribution in [0.4, 0.5) is 13.2 Å². The summed E-state index contributed by atoms with van der Waals surface area (Å²) in [6, 6.07) is 9.68. The van der Waals surface area contributed by atoms with E-state index in [4.69, 9.17) is 32.1 Å². The molecule has 0 N–H and O–H groups in total. The molecule has 1 aliphatic carbocycles. The van der Waals surface area contributed by atoms with Gasteiger partial charge in [0.1, 0.15) is 11.5 Å². The lowest BCUT2D eigenvalue weighted by molar-refractivity contribution is -0.143. The van der Waals surface area contributed by atoms with Crippen molar-refractivity contribution >= 4 is 52.5 Å². The predicted octanol–water partition coefficient (Wildman–Crippen LogP) is 8.33. The number of rotatable bonds is 4. The lowest BCUT2D eigenvalue weighted by Crippen LogP contribution is -2.25. The van der Waals surface area contributed by atoms with E-state index in [1.165, 1.54) is 0 Å². The van der Waals surface area contributed by atoms with Gasteiger partial charge >= 0.3 is 11.5 Å². The van der Waals surface area contributed by atoms with Crippen LogP contribution in [-0.4, -0.2) is 11.5 Å². The Kier molecular flexibility index (Phi) is 7.42. The Hall–Kier alpha value is -1.83. The smallest absolute Gasteiger partial charge is 0.426 e. The summed E-state index contributed by atoms with van der Waals surface area (Å²) in [5, 5.41) is 0.746. The van der Waals surface area contributed by atoms with Crippen LogP contribution in [0.2, 0.25) is 10.0 Å². The first-order chi connectivity index (χ1) is 14.8. The second-order valence-electron chi connectivity index (χ2n) is 8.36. The Morgan fingerprint density at radius 1 is 1.00 bits per heavy atom. The maximum Gasteiger partial charge on any atom is 0.479 e. The second-order valence-corrected chi connectivity index (χ2v) is 10.00. The van der Waals surface area contributed by atoms with E-state index in [9.17, 15) is 18.0 Å². The Bertz CT molecular complexity index is 1060. The minimum atomic E-state index is -4.59. The van der Waals surface area contributed by atoms with Gasteiger partial charge in [-0.05, 0) is 75.9 Å². The van der Waals surface area contributed by atoms with Gasteiger partial charge in [0.05, 0.1) is 5.41 Å². The molecule has 0 bridgehead atoms. The number of carbonyl (C=O) groups excluding carboxylic acids is 1. The molecule has 0 amide bonds. The van der Waals surface area contributed by atoms with E-state index in [1.807, 2.05) is 0 Å². The Morgan fingerprint density at radius 3 is 2.31 bits per heavy atom. The number of allylic oxidation sites excluding steroid dienone is 1. The fraction of sp³-hybridized carbons (Fsp3) is 0.348. The van der Waals surface area contributed by atoms with Crippen molar-refractivity contribution in [1.29, 1.82) is 0 Å². The van der Waals surface area contributed by atoms with Gasteiger partial charge in [0.15, 0.2) is 12.0 Å². The number of fused-ring (bicyclic) bond motifs is 1. The van der Waals surface area contributed by atoms with Gasteiger partial charge in [0.25, 0.3) is 0 Å². The average Bonchev–Trinajstić information content (AvgIpc) is 2.84. The van der Waals surface area contributed by atoms with Gasteiger partial charge in [-0.2, -0.15) is 13.2 Å². The molecule has 0 unspecified atom stereocenters. The van der Waals surface area contributed by atoms with Crippen LogP contribution in [0.25, 0.3) is 11.3 Å². The Balaban J connectivity index is 2.09. The molecule has 9 heteroatoms. The summed E-state index contributed by atoms with van der Waals surface area (Å²) < 4.78 is 49.7. The molecule has 0 radical (unpaired) electrons. The van der Waals surface area contributed by atoms with Crippen LogP contribution < -0.4 is 4.74 Å². The third-order valence-electron chi connectivity index (χ3n) is 4.77. The number of carbonyl (C=O) groups is 1. The maximum absolute atomic E-state index is 13.0. The molecule has 0 saturated heterocycles. The highest BCUT2D eigenvalue weighted by molar-refractivity contribution is 7.95. The summed E-state index contributed by atoms with van der Waals surface area (Å²) in [5.41, 5.74) is -2.94. The van der Waals surface area contributed by atoms with E-state index < -0.39 is 28.9 Å². The highest BCUT2D eigenvalue weighted by Gasteiger charge is 2.34. The van der Waals surface area contributed by atoms with Crippen LogP contribution >= 0.6 is 35.2 Å². The molecular weight excluding hydrogens is 484 g/mol. The maximum atomic E-state index is 13.0. The van der Waals surface area contributed by atoms with Crippen molar-refractivity contribution in [2.24, 2.45) is 5.41 Å². The van der Waals surface area contributed by atoms with Gasteiger partial charge in [0.2, 0.25) is 0 Å². The van der Waals surface area contributed by atoms with Crippen molar-refractivity contribution in [1.82, 2.24) is 0 Å². The van der Waals surface area contributed by atoms with E-state index in [1.54, 1.807) is 57.2 Å². The van der Waals surface area contributed by atoms with E-state index in [0.29, 0.717) is 51.8 Å². The monoisotopic (exact) mass is 504 g/mol. The van der Waals surface area contributed by atoms with Gasteiger partial charge in [0, 0.05) is 26.7 Å². The van der Waals surface area contributed by atoms with Crippen LogP contribution in [0.3, 0.4) is 0 Å². The summed E-state index contributed by atoms with van der Waals surface area (Å²) in [7, 11) is 0. The topological polar surface area (TPSA) is 35.5 Å². The van der Waals surface area contributed by atoms with Crippen molar-refractivity contribution in [2.75, 3.05) is 0 Å². The molecular formula is C23H21Cl2F3O3S. The first kappa shape index (κ1) is 24.8. The minimum Gasteiger partial charge on any atom is -0.426 e. The fourth-order valence-corrected chi connectivity index (χ4v) is 4.12. The SMILES string of the molecule is CC(C)(C)C(=O)Oc1ccc2c(c1)CCCC(c1ccc(Cl)cc1Cl)=C2OSC(F)(F)F. The number of halogens is 5. The van der Waals surface area contributed by atoms with E-state index in [0.717, 1.165) is 5.56 Å². The number of aryl methyl sites for hydroxylation is 1. The van der Waals surface area contributed by atoms with E-state index in [2.05, 4.69) is 0 Å². The first-order valence-corrected chi connectivity index (χ1v) is 11.3. The van der Waals surface area contributed by atoms with E-state index in [-0.39, 0.29) is 5.76 Å². The summed E-state index contributed by atoms with van der Waals surface area (Å²) in [4.78, 5) is 12.2. The molecule has 2 aromatic carbocycles. The summed E-state index contributed by atoms with van der Waals surface area (Å²) in [6.07, 6.45) is 1.65. The van der Waals surface area contributed by atoms with Gasteiger partial charge in [-0.1, -0.05) is 29.3 Å². The highest BCUT2D eigenvalue weighted by atomic mass is 35.5. The van der Waals surface area contributed by atoms with Crippen LogP contribution in [0.15, 0.2) is 36.4 Å². The second kappa shape index (κ2) is 9.57. The van der Waals surface area contributed by atoms with Crippen molar-refractivity contribution in [3.05, 3.63) is 63.1 Å². The molecule has 0 saturated carbocycles. The van der Waals surface area contributed by atoms with Gasteiger partial charge in [-0.3, -0.25) is 4.79 Å². The van der Waals surface area contributed by atoms with Gasteiger partial charge in [-0.15, -0.1) is 0 Å². The fourth-order valence-electron chi connectivity index (χ4n) is 3.23. The summed E-state index contributed by atoms with van der Waals surface area (Å²) in [6.45, 7) is 5.22. The molecule has 1 aliphatic rings. The number of hydrogen-bond acceptors (Lipinski definition) is 4. The highest BCUT2D eigenvalue weighted by Crippen LogP contribution is 2.44. The molecule has 0 aliphatic heterocycles. The molecule has 0 aromatic heterocycles. The number of hydrogen-bond donors (Lipinski definition) is 0. The zero-order valence-corrected chi connectivity index (χ0v) is 19.9. The summed E-state index contributed by atoms with van der Waals surface area (Å²) in [5.74, 6) is 0.0107. The Morgan fingerprint density at radius 2 is 1.69 bits per heavy atom. The van der Waals surface area contributed by atoms with Crippen molar-refractivity contribution in [2.45, 2.75) is 45.5 Å². The molecule has 0 atom stereocenters. The molecule has 3 rings (SSSR count). The lowest BCUT2D eigenvalue weighted by Gasteiger charge is -2.19. The van der Waals surface area contributed by atoms with Crippen LogP contribution in [0.5, 0.6) is 5.75 Å². The van der Waals surface area contributed by atoms with Crippen LogP contribution in [0, 0.1) is 5.41 Å². The molecule has 32 heavy (non-hydrogen) atoms. The summed E-state index contributed by atoms with van der Waals surface area (Å²) >= 11 is 11.8. The minimum absolute atomic E-state index is 0.0812. The lowest BCUT2D eigenvalue weighted by atomic mass is 9.97. The number of alkyl halides is 3. The Labute approximate surface area is 199 Å². The third-order valence-corrected chi connectivity index (χ3v) is 5.75. The van der Waals surface area contributed by atoms with Crippen LogP contribution in [0.1, 0.15) is 50.3 Å². The predicted molar refractivity (Wildman–Crippen MR) is 122 cm³/mol. The standard InChI is InChI=1S/C23H21Cl2F3O3S/c1-22(2,3)21(29)30-15-8-10-16-13(11-15)5-4-6-18(20(16)31-32-23(26,27)28)17-9-7-14(24)12-19(17)25/h7-12H,4-6H2,1-3H3. The molecule has 3 nitrogen and oxygen atoms in total. The first-order valence-electron chi connectivity index (χ1n) is 9.82. The molecule has 0 heterocycles. The van der Waals surface area contributed by atoms with Gasteiger partial charge < -0.3 is 8.92 Å². The molecule has 0 spiro atoms. The number of esters is 1. The van der Waals surface area contributed by atoms with Crippen molar-refractivity contribution in [3.63, 3.8) is 0 Å². The third kappa shape index (κ3) is 6.15. The zero-order valence-electron chi connectivity index (χ0n) is 17.6. The number of ether oxygens (including phenoxy) is 1. The van der Waals surface area contributed by atoms with Crippen molar-refractivity contribution < 1.29 is 26.9 Å². The largest absolute Gasteiger partial charge is 0.479 e. The molecule has 0 fully saturated rings. The van der Waals surface area contributed by atoms with Crippen LogP contribution in [-0.2, 0) is 15.4 Å². The molecule has 2 aromatic rings. The quantitative estimate of drug-likeness (QED) is 0.238. The zero-order chi connectivity index (χ0) is 23.7. The number of benzene rings is 2. The van der Waals surface area contributed by atoms with Gasteiger partial charge in [-0.25, -0.2) is 0 Å². The molecule has 172 valence electrons. The normalized spacial score (nSPS) is 14.6. The van der Waals surface area contributed by atoms with Crippen molar-refractivity contribution in [3.8, 4) is 5.75 Å². The van der Waals surface area contributed by atoms with E-state index >= 15 is 0 Å².